The van der Waals surface area contributed by atoms with Gasteiger partial charge in [-0.15, -0.1) is 0 Å². The van der Waals surface area contributed by atoms with E-state index in [1.54, 1.807) is 54.1 Å². The SMILES string of the molecule is COc1cccc(OC)c1-c1cc(C(=O)NC2(C(=O)O)C3CC4CC(C3)CC2C4)nn1-c1ccc(C(=O)N(CCCNC(=O)CCC(=O)NCCCOCCOCCOCCCNC(=O)CN2CCN(CC(=O)O)CCN(CCOCO)CCN(CC(=O)O)CC2)CCCN(C)C)cc1C(C)C. The lowest BCUT2D eigenvalue weighted by Crippen LogP contribution is -2.70. The number of methoxy groups -OCH3 is 2. The average Bonchev–Trinajstić information content (AvgIpc) is 0.815. The molecule has 30 nitrogen and oxygen atoms in total. The first-order valence-corrected chi connectivity index (χ1v) is 36.1. The molecule has 1 aliphatic heterocycles. The van der Waals surface area contributed by atoms with Gasteiger partial charge in [-0.2, -0.15) is 5.10 Å². The molecule has 0 atom stereocenters. The normalized spacial score (nSPS) is 19.8. The van der Waals surface area contributed by atoms with Gasteiger partial charge in [-0.3, -0.25) is 53.2 Å². The largest absolute Gasteiger partial charge is 0.496 e. The standard InChI is InChI=1S/C72H112N12O18/c1-51(2)57-45-54(14-15-59(57)84-60(68-61(97-5)12-7-13-62(68)98-6)46-58(77-84)69(93)76-72(71(95)96)55-41-52-40-53(43-55)44-56(72)42-52)70(94)83(23-11-21-78(3)4)22-8-18-73-63(86)16-17-64(87)74-19-9-33-99-36-38-101-39-37-100-34-10-20-75-65(88)47-80-28-30-81(48-66(89)90)26-24-79(32-35-102-50-85)25-27-82(31-29-80)49-67(91)92/h7,12-15,45-46,51-53,55-56,85H,8-11,16-44,47-50H2,1-6H3,(H,73,86)(H,74,87)(H,75,88)(H,76,93)(H,89,90)(H,91,92)(H,95,96). The van der Waals surface area contributed by atoms with Gasteiger partial charge in [0.25, 0.3) is 11.8 Å². The van der Waals surface area contributed by atoms with E-state index in [1.165, 1.54) is 0 Å². The number of aliphatic hydroxyl groups is 1. The minimum atomic E-state index is -1.40. The van der Waals surface area contributed by atoms with Crippen molar-refractivity contribution in [1.82, 2.24) is 60.4 Å². The Morgan fingerprint density at radius 3 is 1.59 bits per heavy atom. The number of rotatable bonds is 44. The molecule has 5 amide bonds. The summed E-state index contributed by atoms with van der Waals surface area (Å²) in [5, 5.41) is 55.8. The Morgan fingerprint density at radius 2 is 1.09 bits per heavy atom. The molecule has 1 aromatic heterocycles. The van der Waals surface area contributed by atoms with Crippen LogP contribution in [0.4, 0.5) is 0 Å². The molecular weight excluding hydrogens is 1320 g/mol. The zero-order valence-corrected chi connectivity index (χ0v) is 60.7. The van der Waals surface area contributed by atoms with Crippen LogP contribution in [0.1, 0.15) is 117 Å². The highest BCUT2D eigenvalue weighted by molar-refractivity contribution is 5.99. The van der Waals surface area contributed by atoms with E-state index in [0.29, 0.717) is 203 Å². The number of carbonyl (C=O) groups is 8. The van der Waals surface area contributed by atoms with Crippen LogP contribution in [0.5, 0.6) is 11.5 Å². The van der Waals surface area contributed by atoms with Crippen LogP contribution in [0.3, 0.4) is 0 Å². The Bertz CT molecular complexity index is 3100. The number of hydrogen-bond acceptors (Lipinski definition) is 21. The van der Waals surface area contributed by atoms with Crippen LogP contribution in [0.2, 0.25) is 0 Å². The van der Waals surface area contributed by atoms with Gasteiger partial charge in [0, 0.05) is 123 Å². The van der Waals surface area contributed by atoms with E-state index in [2.05, 4.69) is 31.1 Å². The number of hydrogen-bond donors (Lipinski definition) is 8. The molecule has 2 heterocycles. The van der Waals surface area contributed by atoms with Crippen molar-refractivity contribution in [3.8, 4) is 28.4 Å². The summed E-state index contributed by atoms with van der Waals surface area (Å²) in [7, 11) is 7.04. The topological polar surface area (TPSA) is 358 Å². The van der Waals surface area contributed by atoms with E-state index < -0.39 is 36.1 Å². The number of carboxylic acid groups (broad SMARTS) is 3. The van der Waals surface area contributed by atoms with Crippen molar-refractivity contribution in [2.45, 2.75) is 95.9 Å². The van der Waals surface area contributed by atoms with Crippen LogP contribution in [-0.4, -0.2) is 312 Å². The highest BCUT2D eigenvalue weighted by Crippen LogP contribution is 2.58. The Morgan fingerprint density at radius 1 is 0.588 bits per heavy atom. The third kappa shape index (κ3) is 25.2. The van der Waals surface area contributed by atoms with E-state index >= 15 is 0 Å². The Balaban J connectivity index is 0.786. The molecule has 4 bridgehead atoms. The summed E-state index contributed by atoms with van der Waals surface area (Å²) in [6.45, 7) is 12.4. The lowest BCUT2D eigenvalue weighted by Gasteiger charge is -2.59. The maximum atomic E-state index is 14.6. The molecule has 568 valence electrons. The monoisotopic (exact) mass is 1430 g/mol. The molecule has 2 aromatic carbocycles. The van der Waals surface area contributed by atoms with Crippen LogP contribution in [-0.2, 0) is 47.7 Å². The van der Waals surface area contributed by atoms with Gasteiger partial charge in [0.05, 0.1) is 83.8 Å². The fourth-order valence-electron chi connectivity index (χ4n) is 14.6. The van der Waals surface area contributed by atoms with Crippen molar-refractivity contribution in [2.75, 3.05) is 199 Å². The number of carboxylic acids is 3. The summed E-state index contributed by atoms with van der Waals surface area (Å²) < 4.78 is 35.4. The van der Waals surface area contributed by atoms with Crippen molar-refractivity contribution < 1.29 is 87.2 Å². The Labute approximate surface area is 599 Å². The number of carbonyl (C=O) groups excluding carboxylic acids is 5. The predicted molar refractivity (Wildman–Crippen MR) is 379 cm³/mol. The third-order valence-electron chi connectivity index (χ3n) is 19.7. The van der Waals surface area contributed by atoms with Crippen LogP contribution in [0.25, 0.3) is 16.9 Å². The summed E-state index contributed by atoms with van der Waals surface area (Å²) in [5.74, 6) is -3.02. The van der Waals surface area contributed by atoms with Gasteiger partial charge >= 0.3 is 17.9 Å². The molecule has 1 saturated heterocycles. The molecule has 8 rings (SSSR count). The molecule has 0 unspecified atom stereocenters. The first-order valence-electron chi connectivity index (χ1n) is 36.1. The third-order valence-corrected chi connectivity index (χ3v) is 19.7. The number of amides is 5. The summed E-state index contributed by atoms with van der Waals surface area (Å²) >= 11 is 0. The number of aliphatic hydroxyl groups excluding tert-OH is 1. The highest BCUT2D eigenvalue weighted by atomic mass is 16.6. The van der Waals surface area contributed by atoms with E-state index in [1.807, 2.05) is 54.8 Å². The maximum Gasteiger partial charge on any atom is 0.330 e. The summed E-state index contributed by atoms with van der Waals surface area (Å²) in [6, 6.07) is 12.5. The molecule has 3 aromatic rings. The van der Waals surface area contributed by atoms with Crippen molar-refractivity contribution in [3.05, 3.63) is 59.3 Å². The second-order valence-corrected chi connectivity index (χ2v) is 27.6. The van der Waals surface area contributed by atoms with Gasteiger partial charge in [0.1, 0.15) is 23.8 Å². The highest BCUT2D eigenvalue weighted by Gasteiger charge is 2.62. The van der Waals surface area contributed by atoms with Crippen molar-refractivity contribution in [1.29, 1.82) is 0 Å². The van der Waals surface area contributed by atoms with Crippen LogP contribution in [0, 0.1) is 23.7 Å². The number of nitrogens with one attached hydrogen (secondary N) is 4. The number of aliphatic carboxylic acids is 3. The van der Waals surface area contributed by atoms with E-state index in [9.17, 15) is 53.7 Å². The zero-order chi connectivity index (χ0) is 73.6. The summed E-state index contributed by atoms with van der Waals surface area (Å²) in [6.07, 6.45) is 6.52. The fraction of sp³-hybridized carbons (Fsp3) is 0.681. The molecule has 5 aliphatic rings. The second-order valence-electron chi connectivity index (χ2n) is 27.6. The number of benzene rings is 2. The molecule has 0 radical (unpaired) electrons. The first-order chi connectivity index (χ1) is 49.1. The molecule has 8 N–H and O–H groups in total. The summed E-state index contributed by atoms with van der Waals surface area (Å²) in [5.41, 5.74) is 1.47. The van der Waals surface area contributed by atoms with Crippen LogP contribution < -0.4 is 30.7 Å². The van der Waals surface area contributed by atoms with Gasteiger partial charge in [0.15, 0.2) is 5.69 Å². The number of nitrogens with zero attached hydrogens (tertiary/aromatic N) is 8. The Hall–Kier alpha value is -7.39. The molecule has 102 heavy (non-hydrogen) atoms. The lowest BCUT2D eigenvalue weighted by atomic mass is 9.48. The van der Waals surface area contributed by atoms with E-state index in [-0.39, 0.29) is 86.2 Å². The molecule has 4 aliphatic carbocycles. The average molecular weight is 1430 g/mol. The second kappa shape index (κ2) is 42.4. The molecular formula is C72H112N12O18. The zero-order valence-electron chi connectivity index (χ0n) is 60.7. The van der Waals surface area contributed by atoms with E-state index in [0.717, 1.165) is 44.2 Å². The minimum absolute atomic E-state index is 0.00186. The van der Waals surface area contributed by atoms with Crippen molar-refractivity contribution >= 4 is 47.4 Å². The minimum Gasteiger partial charge on any atom is -0.496 e. The lowest BCUT2D eigenvalue weighted by molar-refractivity contribution is -0.163. The van der Waals surface area contributed by atoms with Gasteiger partial charge < -0.3 is 79.9 Å². The fourth-order valence-corrected chi connectivity index (χ4v) is 14.6. The summed E-state index contributed by atoms with van der Waals surface area (Å²) in [4.78, 5) is 116. The van der Waals surface area contributed by atoms with Crippen molar-refractivity contribution in [2.24, 2.45) is 23.7 Å². The molecule has 5 fully saturated rings. The number of ether oxygens (including phenoxy) is 6. The van der Waals surface area contributed by atoms with Gasteiger partial charge in [0.2, 0.25) is 17.7 Å². The predicted octanol–water partition coefficient (Wildman–Crippen LogP) is 2.79. The van der Waals surface area contributed by atoms with Crippen molar-refractivity contribution in [3.63, 3.8) is 0 Å². The molecule has 30 heteroatoms. The quantitative estimate of drug-likeness (QED) is 0.0298. The molecule has 4 saturated carbocycles. The van der Waals surface area contributed by atoms with Crippen LogP contribution >= 0.6 is 0 Å². The first kappa shape index (κ1) is 81.9. The molecule has 0 spiro atoms. The van der Waals surface area contributed by atoms with Gasteiger partial charge in [-0.25, -0.2) is 9.48 Å². The Kier molecular flexibility index (Phi) is 34.0. The van der Waals surface area contributed by atoms with Crippen LogP contribution in [0.15, 0.2) is 42.5 Å². The van der Waals surface area contributed by atoms with E-state index in [4.69, 9.17) is 38.6 Å². The van der Waals surface area contributed by atoms with Gasteiger partial charge in [-0.1, -0.05) is 19.9 Å². The maximum absolute atomic E-state index is 14.6. The number of aromatic nitrogens is 2. The smallest absolute Gasteiger partial charge is 0.330 e. The van der Waals surface area contributed by atoms with Gasteiger partial charge in [-0.05, 0) is 150 Å².